The third-order valence-electron chi connectivity index (χ3n) is 2.98. The third kappa shape index (κ3) is 1.79. The Morgan fingerprint density at radius 3 is 2.35 bits per heavy atom. The lowest BCUT2D eigenvalue weighted by Crippen LogP contribution is -1.91. The van der Waals surface area contributed by atoms with Crippen LogP contribution >= 0.6 is 0 Å². The minimum Gasteiger partial charge on any atom is -0.507 e. The van der Waals surface area contributed by atoms with E-state index in [9.17, 15) is 10.2 Å². The fourth-order valence-corrected chi connectivity index (χ4v) is 2.01. The molecule has 0 aliphatic carbocycles. The van der Waals surface area contributed by atoms with Crippen LogP contribution in [0.1, 0.15) is 11.1 Å². The van der Waals surface area contributed by atoms with Crippen LogP contribution in [-0.2, 0) is 6.42 Å². The van der Waals surface area contributed by atoms with Gasteiger partial charge in [-0.15, -0.1) is 5.73 Å². The van der Waals surface area contributed by atoms with E-state index in [1.54, 1.807) is 25.1 Å². The summed E-state index contributed by atoms with van der Waals surface area (Å²) in [6.07, 6.45) is 2.25. The zero-order chi connectivity index (χ0) is 12.4. The Bertz CT molecular complexity index is 620. The Labute approximate surface area is 100 Å². The van der Waals surface area contributed by atoms with Crippen LogP contribution in [0.3, 0.4) is 0 Å². The fraction of sp³-hybridized carbons (Fsp3) is 0.133. The van der Waals surface area contributed by atoms with Crippen molar-refractivity contribution in [1.82, 2.24) is 0 Å². The number of rotatable bonds is 2. The van der Waals surface area contributed by atoms with Gasteiger partial charge in [-0.25, -0.2) is 0 Å². The standard InChI is InChI=1S/C15H14O2/c1-3-4-7-11-10(2)14(16)12-8-5-6-9-13(12)15(11)17/h4-6,8-9,16-17H,1,7H2,2H3. The first kappa shape index (κ1) is 11.3. The van der Waals surface area contributed by atoms with E-state index in [0.29, 0.717) is 22.8 Å². The van der Waals surface area contributed by atoms with Gasteiger partial charge in [-0.2, -0.15) is 0 Å². The first-order valence-corrected chi connectivity index (χ1v) is 5.43. The minimum absolute atomic E-state index is 0.224. The molecule has 0 amide bonds. The Hall–Kier alpha value is -2.18. The summed E-state index contributed by atoms with van der Waals surface area (Å²) in [6, 6.07) is 7.27. The van der Waals surface area contributed by atoms with E-state index in [4.69, 9.17) is 0 Å². The molecule has 0 spiro atoms. The van der Waals surface area contributed by atoms with Gasteiger partial charge in [0, 0.05) is 22.8 Å². The zero-order valence-electron chi connectivity index (χ0n) is 9.70. The van der Waals surface area contributed by atoms with Gasteiger partial charge in [-0.3, -0.25) is 0 Å². The van der Waals surface area contributed by atoms with Gasteiger partial charge in [0.05, 0.1) is 0 Å². The summed E-state index contributed by atoms with van der Waals surface area (Å²) in [6.45, 7) is 5.29. The summed E-state index contributed by atoms with van der Waals surface area (Å²) in [5.41, 5.74) is 4.09. The predicted octanol–water partition coefficient (Wildman–Crippen LogP) is 3.44. The number of allylic oxidation sites excluding steroid dienone is 1. The molecule has 0 saturated carbocycles. The summed E-state index contributed by atoms with van der Waals surface area (Å²) in [4.78, 5) is 0. The van der Waals surface area contributed by atoms with Crippen LogP contribution in [-0.4, -0.2) is 10.2 Å². The van der Waals surface area contributed by atoms with E-state index in [0.717, 1.165) is 5.56 Å². The van der Waals surface area contributed by atoms with Crippen LogP contribution in [0.2, 0.25) is 0 Å². The second-order valence-corrected chi connectivity index (χ2v) is 3.96. The van der Waals surface area contributed by atoms with Crippen LogP contribution < -0.4 is 0 Å². The van der Waals surface area contributed by atoms with Gasteiger partial charge in [-0.05, 0) is 18.6 Å². The molecule has 2 aromatic rings. The van der Waals surface area contributed by atoms with Crippen molar-refractivity contribution in [3.05, 3.63) is 53.8 Å². The number of benzene rings is 2. The van der Waals surface area contributed by atoms with Crippen LogP contribution in [0.4, 0.5) is 0 Å². The fourth-order valence-electron chi connectivity index (χ4n) is 2.01. The van der Waals surface area contributed by atoms with Crippen LogP contribution in [0, 0.1) is 6.92 Å². The second kappa shape index (κ2) is 4.36. The molecule has 0 heterocycles. The molecule has 0 saturated heterocycles. The van der Waals surface area contributed by atoms with Gasteiger partial charge >= 0.3 is 0 Å². The second-order valence-electron chi connectivity index (χ2n) is 3.96. The number of phenols is 2. The van der Waals surface area contributed by atoms with Crippen LogP contribution in [0.15, 0.2) is 42.7 Å². The molecule has 0 bridgehead atoms. The number of hydrogen-bond acceptors (Lipinski definition) is 2. The Morgan fingerprint density at radius 1 is 1.18 bits per heavy atom. The largest absolute Gasteiger partial charge is 0.507 e. The van der Waals surface area contributed by atoms with Gasteiger partial charge in [0.2, 0.25) is 0 Å². The van der Waals surface area contributed by atoms with E-state index in [-0.39, 0.29) is 11.5 Å². The van der Waals surface area contributed by atoms with Gasteiger partial charge in [0.25, 0.3) is 0 Å². The minimum atomic E-state index is 0.224. The normalized spacial score (nSPS) is 10.2. The summed E-state index contributed by atoms with van der Waals surface area (Å²) in [7, 11) is 0. The lowest BCUT2D eigenvalue weighted by Gasteiger charge is -2.12. The monoisotopic (exact) mass is 226 g/mol. The molecule has 0 fully saturated rings. The predicted molar refractivity (Wildman–Crippen MR) is 69.4 cm³/mol. The van der Waals surface area contributed by atoms with E-state index >= 15 is 0 Å². The highest BCUT2D eigenvalue weighted by Crippen LogP contribution is 2.39. The average Bonchev–Trinajstić information content (AvgIpc) is 2.36. The molecule has 2 nitrogen and oxygen atoms in total. The van der Waals surface area contributed by atoms with Crippen molar-refractivity contribution in [3.8, 4) is 11.5 Å². The molecule has 2 heteroatoms. The molecule has 0 aliphatic heterocycles. The van der Waals surface area contributed by atoms with Crippen molar-refractivity contribution < 1.29 is 10.2 Å². The maximum absolute atomic E-state index is 10.2. The highest BCUT2D eigenvalue weighted by Gasteiger charge is 2.14. The summed E-state index contributed by atoms with van der Waals surface area (Å²) in [5.74, 6) is 0.452. The summed E-state index contributed by atoms with van der Waals surface area (Å²) >= 11 is 0. The molecule has 0 aliphatic rings. The lowest BCUT2D eigenvalue weighted by molar-refractivity contribution is 0.461. The Morgan fingerprint density at radius 2 is 1.76 bits per heavy atom. The molecule has 0 aromatic heterocycles. The van der Waals surface area contributed by atoms with Gasteiger partial charge in [0.1, 0.15) is 11.5 Å². The average molecular weight is 226 g/mol. The van der Waals surface area contributed by atoms with E-state index in [1.807, 2.05) is 12.1 Å². The van der Waals surface area contributed by atoms with Crippen molar-refractivity contribution in [2.24, 2.45) is 0 Å². The molecule has 86 valence electrons. The molecule has 2 aromatic carbocycles. The molecule has 0 atom stereocenters. The molecular weight excluding hydrogens is 212 g/mol. The first-order valence-electron chi connectivity index (χ1n) is 5.43. The maximum atomic E-state index is 10.2. The number of phenolic OH excluding ortho intramolecular Hbond substituents is 2. The SMILES string of the molecule is C=C=CCc1c(C)c(O)c2ccccc2c1O. The topological polar surface area (TPSA) is 40.5 Å². The molecule has 2 N–H and O–H groups in total. The highest BCUT2D eigenvalue weighted by molar-refractivity contribution is 5.95. The van der Waals surface area contributed by atoms with Crippen LogP contribution in [0.5, 0.6) is 11.5 Å². The van der Waals surface area contributed by atoms with Gasteiger partial charge < -0.3 is 10.2 Å². The lowest BCUT2D eigenvalue weighted by atomic mass is 9.97. The van der Waals surface area contributed by atoms with E-state index in [2.05, 4.69) is 12.3 Å². The highest BCUT2D eigenvalue weighted by atomic mass is 16.3. The summed E-state index contributed by atoms with van der Waals surface area (Å²) < 4.78 is 0. The molecule has 17 heavy (non-hydrogen) atoms. The Kier molecular flexibility index (Phi) is 2.90. The van der Waals surface area contributed by atoms with Gasteiger partial charge in [-0.1, -0.05) is 30.8 Å². The smallest absolute Gasteiger partial charge is 0.127 e. The Balaban J connectivity index is 2.81. The van der Waals surface area contributed by atoms with Crippen molar-refractivity contribution >= 4 is 10.8 Å². The van der Waals surface area contributed by atoms with E-state index in [1.165, 1.54) is 0 Å². The van der Waals surface area contributed by atoms with E-state index < -0.39 is 0 Å². The number of hydrogen-bond donors (Lipinski definition) is 2. The van der Waals surface area contributed by atoms with Crippen molar-refractivity contribution in [1.29, 1.82) is 0 Å². The number of aromatic hydroxyl groups is 2. The van der Waals surface area contributed by atoms with Crippen molar-refractivity contribution in [3.63, 3.8) is 0 Å². The number of fused-ring (bicyclic) bond motifs is 1. The van der Waals surface area contributed by atoms with Gasteiger partial charge in [0.15, 0.2) is 0 Å². The maximum Gasteiger partial charge on any atom is 0.127 e. The summed E-state index contributed by atoms with van der Waals surface area (Å²) in [5, 5.41) is 21.6. The van der Waals surface area contributed by atoms with Crippen LogP contribution in [0.25, 0.3) is 10.8 Å². The molecular formula is C15H14O2. The first-order chi connectivity index (χ1) is 8.16. The van der Waals surface area contributed by atoms with Crippen molar-refractivity contribution in [2.45, 2.75) is 13.3 Å². The van der Waals surface area contributed by atoms with Crippen molar-refractivity contribution in [2.75, 3.05) is 0 Å². The molecule has 2 rings (SSSR count). The molecule has 0 unspecified atom stereocenters. The third-order valence-corrected chi connectivity index (χ3v) is 2.98. The quantitative estimate of drug-likeness (QED) is 0.608. The molecule has 0 radical (unpaired) electrons. The zero-order valence-corrected chi connectivity index (χ0v) is 9.70.